The Morgan fingerprint density at radius 1 is 0.971 bits per heavy atom. The van der Waals surface area contributed by atoms with E-state index in [1.54, 1.807) is 24.3 Å². The Balaban J connectivity index is 1.83. The second-order valence-electron chi connectivity index (χ2n) is 9.12. The van der Waals surface area contributed by atoms with E-state index in [0.29, 0.717) is 11.0 Å². The van der Waals surface area contributed by atoms with Crippen molar-refractivity contribution in [3.05, 3.63) is 74.8 Å². The number of benzene rings is 1. The van der Waals surface area contributed by atoms with Gasteiger partial charge < -0.3 is 9.52 Å². The summed E-state index contributed by atoms with van der Waals surface area (Å²) in [5, 5.41) is 9.84. The van der Waals surface area contributed by atoms with Crippen LogP contribution in [0.4, 0.5) is 26.3 Å². The molecule has 2 aliphatic carbocycles. The number of hydrogen-bond donors (Lipinski definition) is 1. The average molecular weight is 514 g/mol. The van der Waals surface area contributed by atoms with Gasteiger partial charge >= 0.3 is 18.3 Å². The van der Waals surface area contributed by atoms with Gasteiger partial charge in [-0.3, -0.25) is 0 Å². The van der Waals surface area contributed by atoms with Crippen LogP contribution in [0, 0.1) is 17.3 Å². The number of carbonyl (C=O) groups is 1. The lowest BCUT2D eigenvalue weighted by Crippen LogP contribution is -2.28. The number of rotatable bonds is 3. The van der Waals surface area contributed by atoms with Crippen LogP contribution in [-0.2, 0) is 15.6 Å². The SMILES string of the molecule is CC1(C)C2C(C3=CC=C(C(=O)O)S3=O)=C(c3cc4ccccc4o3)C1C(C(F)(F)F)=C2C(F)(F)F. The number of carboxylic acid groups (broad SMARTS) is 1. The summed E-state index contributed by atoms with van der Waals surface area (Å²) in [5.41, 5.74) is -5.13. The van der Waals surface area contributed by atoms with Crippen LogP contribution in [0.1, 0.15) is 19.6 Å². The molecule has 0 spiro atoms. The molecule has 0 radical (unpaired) electrons. The van der Waals surface area contributed by atoms with Crippen molar-refractivity contribution in [2.75, 3.05) is 0 Å². The number of para-hydroxylation sites is 1. The zero-order valence-corrected chi connectivity index (χ0v) is 18.9. The van der Waals surface area contributed by atoms with Gasteiger partial charge in [-0.1, -0.05) is 32.0 Å². The van der Waals surface area contributed by atoms with E-state index in [-0.39, 0.29) is 21.8 Å². The van der Waals surface area contributed by atoms with Crippen LogP contribution in [0.15, 0.2) is 73.4 Å². The number of halogens is 6. The Morgan fingerprint density at radius 2 is 1.54 bits per heavy atom. The summed E-state index contributed by atoms with van der Waals surface area (Å²) in [5.74, 6) is -5.22. The molecule has 1 aromatic carbocycles. The Bertz CT molecular complexity index is 1420. The summed E-state index contributed by atoms with van der Waals surface area (Å²) < 4.78 is 104. The van der Waals surface area contributed by atoms with E-state index >= 15 is 0 Å². The first-order valence-electron chi connectivity index (χ1n) is 10.3. The molecule has 1 aromatic heterocycles. The number of fused-ring (bicyclic) bond motifs is 3. The third-order valence-electron chi connectivity index (χ3n) is 6.79. The molecule has 2 aromatic rings. The molecule has 35 heavy (non-hydrogen) atoms. The van der Waals surface area contributed by atoms with Gasteiger partial charge in [0, 0.05) is 33.3 Å². The quantitative estimate of drug-likeness (QED) is 0.375. The average Bonchev–Trinajstić information content (AvgIpc) is 3.43. The molecular weight excluding hydrogens is 498 g/mol. The van der Waals surface area contributed by atoms with Crippen LogP contribution < -0.4 is 0 Å². The van der Waals surface area contributed by atoms with E-state index in [9.17, 15) is 40.5 Å². The highest BCUT2D eigenvalue weighted by Crippen LogP contribution is 2.71. The van der Waals surface area contributed by atoms with Gasteiger partial charge in [0.25, 0.3) is 0 Å². The number of hydrogen-bond acceptors (Lipinski definition) is 3. The van der Waals surface area contributed by atoms with Crippen molar-refractivity contribution in [1.82, 2.24) is 0 Å². The molecular formula is C24H16F6O4S. The third kappa shape index (κ3) is 3.27. The van der Waals surface area contributed by atoms with Crippen molar-refractivity contribution in [3.63, 3.8) is 0 Å². The summed E-state index contributed by atoms with van der Waals surface area (Å²) >= 11 is 0. The summed E-state index contributed by atoms with van der Waals surface area (Å²) in [6.45, 7) is 2.60. The van der Waals surface area contributed by atoms with E-state index < -0.39 is 62.4 Å². The van der Waals surface area contributed by atoms with Gasteiger partial charge in [0.05, 0.1) is 16.4 Å². The van der Waals surface area contributed by atoms with Crippen LogP contribution in [0.3, 0.4) is 0 Å². The topological polar surface area (TPSA) is 67.5 Å². The molecule has 1 N–H and O–H groups in total. The fourth-order valence-corrected chi connectivity index (χ4v) is 6.80. The maximum Gasteiger partial charge on any atom is 0.413 e. The highest BCUT2D eigenvalue weighted by Gasteiger charge is 2.68. The maximum atomic E-state index is 14.2. The number of allylic oxidation sites excluding steroid dienone is 6. The van der Waals surface area contributed by atoms with E-state index in [1.165, 1.54) is 19.9 Å². The van der Waals surface area contributed by atoms with Crippen LogP contribution >= 0.6 is 0 Å². The lowest BCUT2D eigenvalue weighted by Gasteiger charge is -2.29. The van der Waals surface area contributed by atoms with E-state index in [2.05, 4.69) is 0 Å². The van der Waals surface area contributed by atoms with Crippen molar-refractivity contribution in [3.8, 4) is 0 Å². The molecule has 3 unspecified atom stereocenters. The first-order valence-corrected chi connectivity index (χ1v) is 11.5. The highest BCUT2D eigenvalue weighted by molar-refractivity contribution is 7.94. The summed E-state index contributed by atoms with van der Waals surface area (Å²) in [7, 11) is -2.39. The number of furan rings is 1. The van der Waals surface area contributed by atoms with Crippen LogP contribution in [-0.4, -0.2) is 27.6 Å². The molecule has 1 aliphatic heterocycles. The normalized spacial score (nSPS) is 26.1. The van der Waals surface area contributed by atoms with E-state index in [0.717, 1.165) is 12.2 Å². The predicted molar refractivity (Wildman–Crippen MR) is 115 cm³/mol. The highest BCUT2D eigenvalue weighted by atomic mass is 32.2. The minimum atomic E-state index is -5.32. The fourth-order valence-electron chi connectivity index (χ4n) is 5.60. The fraction of sp³-hybridized carbons (Fsp3) is 0.292. The minimum absolute atomic E-state index is 0.0774. The van der Waals surface area contributed by atoms with Gasteiger partial charge in [0.2, 0.25) is 0 Å². The number of alkyl halides is 6. The summed E-state index contributed by atoms with van der Waals surface area (Å²) in [4.78, 5) is 10.6. The van der Waals surface area contributed by atoms with Gasteiger partial charge in [-0.2, -0.15) is 26.3 Å². The molecule has 3 atom stereocenters. The van der Waals surface area contributed by atoms with Crippen molar-refractivity contribution >= 4 is 33.3 Å². The van der Waals surface area contributed by atoms with Crippen molar-refractivity contribution < 1.29 is 44.9 Å². The lowest BCUT2D eigenvalue weighted by molar-refractivity contribution is -0.131. The smallest absolute Gasteiger partial charge is 0.413 e. The molecule has 0 saturated heterocycles. The Kier molecular flexibility index (Phi) is 4.88. The molecule has 0 fully saturated rings. The van der Waals surface area contributed by atoms with Gasteiger partial charge in [-0.05, 0) is 35.3 Å². The first kappa shape index (κ1) is 23.7. The molecule has 0 amide bonds. The van der Waals surface area contributed by atoms with Crippen LogP contribution in [0.2, 0.25) is 0 Å². The molecule has 0 saturated carbocycles. The predicted octanol–water partition coefficient (Wildman–Crippen LogP) is 6.51. The van der Waals surface area contributed by atoms with Gasteiger partial charge in [0.15, 0.2) is 0 Å². The molecule has 184 valence electrons. The monoisotopic (exact) mass is 514 g/mol. The summed E-state index contributed by atoms with van der Waals surface area (Å²) in [6.07, 6.45) is -8.51. The Labute approximate surface area is 196 Å². The number of carboxylic acids is 1. The maximum absolute atomic E-state index is 14.2. The molecule has 3 aliphatic rings. The lowest BCUT2D eigenvalue weighted by atomic mass is 9.75. The summed E-state index contributed by atoms with van der Waals surface area (Å²) in [6, 6.07) is 7.95. The second kappa shape index (κ2) is 7.22. The zero-order chi connectivity index (χ0) is 25.7. The molecule has 2 heterocycles. The van der Waals surface area contributed by atoms with E-state index in [4.69, 9.17) is 4.42 Å². The van der Waals surface area contributed by atoms with E-state index in [1.807, 2.05) is 0 Å². The molecule has 11 heteroatoms. The zero-order valence-electron chi connectivity index (χ0n) is 18.0. The largest absolute Gasteiger partial charge is 0.477 e. The van der Waals surface area contributed by atoms with Gasteiger partial charge in [-0.25, -0.2) is 9.00 Å². The standard InChI is InChI=1S/C24H16F6O4S/c1-22(2)17-15(12-9-10-5-3-4-6-11(10)34-12)16(13-7-8-14(21(31)32)35(13)33)18(22)20(24(28,29)30)19(17)23(25,26)27/h3-9,17-18H,1-2H3,(H,31,32). The van der Waals surface area contributed by atoms with Crippen LogP contribution in [0.25, 0.3) is 16.5 Å². The Hall–Kier alpha value is -3.08. The molecule has 4 nitrogen and oxygen atoms in total. The van der Waals surface area contributed by atoms with Gasteiger partial charge in [-0.15, -0.1) is 0 Å². The third-order valence-corrected chi connectivity index (χ3v) is 8.25. The van der Waals surface area contributed by atoms with Crippen molar-refractivity contribution in [2.24, 2.45) is 17.3 Å². The Morgan fingerprint density at radius 3 is 2.06 bits per heavy atom. The van der Waals surface area contributed by atoms with Crippen molar-refractivity contribution in [2.45, 2.75) is 26.2 Å². The van der Waals surface area contributed by atoms with Crippen LogP contribution in [0.5, 0.6) is 0 Å². The first-order chi connectivity index (χ1) is 16.2. The second-order valence-corrected chi connectivity index (χ2v) is 10.5. The van der Waals surface area contributed by atoms with Gasteiger partial charge in [0.1, 0.15) is 16.2 Å². The molecule has 2 bridgehead atoms. The number of aliphatic carboxylic acids is 1. The van der Waals surface area contributed by atoms with Crippen molar-refractivity contribution in [1.29, 1.82) is 0 Å². The molecule has 5 rings (SSSR count). The minimum Gasteiger partial charge on any atom is -0.477 e.